The third kappa shape index (κ3) is 6.00. The van der Waals surface area contributed by atoms with Crippen LogP contribution in [0.25, 0.3) is 22.2 Å². The smallest absolute Gasteiger partial charge is 0.224 e. The molecule has 2 N–H and O–H groups in total. The molecule has 0 amide bonds. The van der Waals surface area contributed by atoms with E-state index in [1.165, 1.54) is 29.7 Å². The second-order valence-electron chi connectivity index (χ2n) is 11.5. The molecule has 7 nitrogen and oxygen atoms in total. The number of aromatic nitrogens is 3. The Morgan fingerprint density at radius 3 is 2.54 bits per heavy atom. The lowest BCUT2D eigenvalue weighted by Gasteiger charge is -2.27. The molecule has 1 aliphatic heterocycles. The normalized spacial score (nSPS) is 23.7. The van der Waals surface area contributed by atoms with Gasteiger partial charge in [-0.1, -0.05) is 37.6 Å². The van der Waals surface area contributed by atoms with Crippen LogP contribution < -0.4 is 5.32 Å². The summed E-state index contributed by atoms with van der Waals surface area (Å²) < 4.78 is 2.35. The molecule has 1 aromatic carbocycles. The third-order valence-electron chi connectivity index (χ3n) is 8.38. The minimum atomic E-state index is -0.171. The minimum absolute atomic E-state index is 0.171. The van der Waals surface area contributed by atoms with E-state index in [-0.39, 0.29) is 6.10 Å². The van der Waals surface area contributed by atoms with Crippen LogP contribution in [0.15, 0.2) is 36.7 Å². The van der Waals surface area contributed by atoms with Crippen molar-refractivity contribution in [2.75, 3.05) is 32.5 Å². The fourth-order valence-electron chi connectivity index (χ4n) is 6.09. The summed E-state index contributed by atoms with van der Waals surface area (Å²) in [7, 11) is 4.37. The first-order valence-corrected chi connectivity index (χ1v) is 14.2. The van der Waals surface area contributed by atoms with Crippen LogP contribution in [-0.4, -0.2) is 74.8 Å². The molecule has 1 saturated heterocycles. The maximum atomic E-state index is 10.1. The summed E-state index contributed by atoms with van der Waals surface area (Å²) in [5.41, 5.74) is 4.75. The fraction of sp³-hybridized carbons (Fsp3) is 0.600. The molecule has 2 atom stereocenters. The average molecular weight is 505 g/mol. The predicted molar refractivity (Wildman–Crippen MR) is 152 cm³/mol. The van der Waals surface area contributed by atoms with Crippen LogP contribution in [0.5, 0.6) is 0 Å². The molecule has 2 aliphatic rings. The SMILES string of the molecule is CCC[C@H](C)Nc1ncc2c(-c3ccc(CN4CC[C@@H](N(C)C)C4)cc3)cn(C3CCC(O)CC3)c2n1. The van der Waals surface area contributed by atoms with E-state index >= 15 is 0 Å². The molecule has 1 saturated carbocycles. The lowest BCUT2D eigenvalue weighted by atomic mass is 9.93. The number of hydrogen-bond donors (Lipinski definition) is 2. The van der Waals surface area contributed by atoms with Crippen molar-refractivity contribution in [3.63, 3.8) is 0 Å². The van der Waals surface area contributed by atoms with E-state index in [9.17, 15) is 5.11 Å². The van der Waals surface area contributed by atoms with E-state index in [4.69, 9.17) is 9.97 Å². The molecule has 7 heteroatoms. The molecule has 5 rings (SSSR count). The van der Waals surface area contributed by atoms with Crippen LogP contribution in [0, 0.1) is 0 Å². The second kappa shape index (κ2) is 11.5. The van der Waals surface area contributed by atoms with Gasteiger partial charge < -0.3 is 19.9 Å². The Morgan fingerprint density at radius 2 is 1.86 bits per heavy atom. The number of aliphatic hydroxyl groups excluding tert-OH is 1. The lowest BCUT2D eigenvalue weighted by Crippen LogP contribution is -2.31. The Labute approximate surface area is 221 Å². The predicted octanol–water partition coefficient (Wildman–Crippen LogP) is 5.31. The molecule has 2 aromatic heterocycles. The van der Waals surface area contributed by atoms with E-state index in [0.717, 1.165) is 62.6 Å². The summed E-state index contributed by atoms with van der Waals surface area (Å²) >= 11 is 0. The average Bonchev–Trinajstić information content (AvgIpc) is 3.50. The molecule has 0 radical (unpaired) electrons. The molecule has 3 aromatic rings. The Balaban J connectivity index is 1.41. The van der Waals surface area contributed by atoms with Crippen LogP contribution in [0.2, 0.25) is 0 Å². The van der Waals surface area contributed by atoms with Gasteiger partial charge in [-0.2, -0.15) is 4.98 Å². The highest BCUT2D eigenvalue weighted by Gasteiger charge is 2.25. The zero-order valence-electron chi connectivity index (χ0n) is 23.0. The zero-order chi connectivity index (χ0) is 25.9. The summed E-state index contributed by atoms with van der Waals surface area (Å²) in [6.45, 7) is 7.70. The number of fused-ring (bicyclic) bond motifs is 1. The van der Waals surface area contributed by atoms with Gasteiger partial charge in [-0.3, -0.25) is 4.90 Å². The van der Waals surface area contributed by atoms with Crippen molar-refractivity contribution >= 4 is 17.0 Å². The molecule has 1 aliphatic carbocycles. The maximum absolute atomic E-state index is 10.1. The van der Waals surface area contributed by atoms with Crippen LogP contribution in [0.1, 0.15) is 70.4 Å². The van der Waals surface area contributed by atoms with Gasteiger partial charge >= 0.3 is 0 Å². The minimum Gasteiger partial charge on any atom is -0.393 e. The molecule has 200 valence electrons. The van der Waals surface area contributed by atoms with Gasteiger partial charge in [0.1, 0.15) is 5.65 Å². The summed E-state index contributed by atoms with van der Waals surface area (Å²) in [5, 5.41) is 14.7. The molecule has 2 fully saturated rings. The first kappa shape index (κ1) is 26.1. The number of anilines is 1. The number of likely N-dealkylation sites (tertiary alicyclic amines) is 1. The summed E-state index contributed by atoms with van der Waals surface area (Å²) in [5.74, 6) is 0.701. The van der Waals surface area contributed by atoms with E-state index < -0.39 is 0 Å². The van der Waals surface area contributed by atoms with E-state index in [1.807, 2.05) is 6.20 Å². The lowest BCUT2D eigenvalue weighted by molar-refractivity contribution is 0.111. The van der Waals surface area contributed by atoms with Crippen LogP contribution in [0.3, 0.4) is 0 Å². The number of benzene rings is 1. The Morgan fingerprint density at radius 1 is 1.11 bits per heavy atom. The quantitative estimate of drug-likeness (QED) is 0.412. The first-order chi connectivity index (χ1) is 17.9. The Bertz CT molecular complexity index is 1160. The van der Waals surface area contributed by atoms with Gasteiger partial charge in [0, 0.05) is 61.1 Å². The van der Waals surface area contributed by atoms with Gasteiger partial charge in [-0.25, -0.2) is 4.98 Å². The van der Waals surface area contributed by atoms with Crippen molar-refractivity contribution in [2.45, 2.75) is 89.6 Å². The van der Waals surface area contributed by atoms with Crippen molar-refractivity contribution in [2.24, 2.45) is 0 Å². The van der Waals surface area contributed by atoms with Gasteiger partial charge in [0.25, 0.3) is 0 Å². The van der Waals surface area contributed by atoms with Crippen LogP contribution >= 0.6 is 0 Å². The van der Waals surface area contributed by atoms with Crippen molar-refractivity contribution in [3.05, 3.63) is 42.2 Å². The summed E-state index contributed by atoms with van der Waals surface area (Å²) in [6, 6.07) is 10.4. The summed E-state index contributed by atoms with van der Waals surface area (Å²) in [6.07, 6.45) is 11.2. The largest absolute Gasteiger partial charge is 0.393 e. The van der Waals surface area contributed by atoms with E-state index in [0.29, 0.717) is 24.1 Å². The number of rotatable bonds is 9. The first-order valence-electron chi connectivity index (χ1n) is 14.2. The molecule has 0 spiro atoms. The molecular weight excluding hydrogens is 460 g/mol. The fourth-order valence-corrected chi connectivity index (χ4v) is 6.09. The highest BCUT2D eigenvalue weighted by molar-refractivity contribution is 5.94. The van der Waals surface area contributed by atoms with Crippen LogP contribution in [-0.2, 0) is 6.54 Å². The number of hydrogen-bond acceptors (Lipinski definition) is 6. The van der Waals surface area contributed by atoms with Crippen LogP contribution in [0.4, 0.5) is 5.95 Å². The van der Waals surface area contributed by atoms with Crippen molar-refractivity contribution in [3.8, 4) is 11.1 Å². The van der Waals surface area contributed by atoms with Gasteiger partial charge in [0.15, 0.2) is 0 Å². The van der Waals surface area contributed by atoms with Crippen molar-refractivity contribution in [1.29, 1.82) is 0 Å². The van der Waals surface area contributed by atoms with Gasteiger partial charge in [0.2, 0.25) is 5.95 Å². The maximum Gasteiger partial charge on any atom is 0.224 e. The molecule has 0 unspecified atom stereocenters. The second-order valence-corrected chi connectivity index (χ2v) is 11.5. The zero-order valence-corrected chi connectivity index (χ0v) is 23.0. The highest BCUT2D eigenvalue weighted by atomic mass is 16.3. The molecular formula is C30H44N6O. The van der Waals surface area contributed by atoms with Gasteiger partial charge in [0.05, 0.1) is 6.10 Å². The number of aliphatic hydroxyl groups is 1. The monoisotopic (exact) mass is 504 g/mol. The number of nitrogens with zero attached hydrogens (tertiary/aromatic N) is 5. The van der Waals surface area contributed by atoms with Gasteiger partial charge in [-0.15, -0.1) is 0 Å². The van der Waals surface area contributed by atoms with E-state index in [2.05, 4.69) is 78.1 Å². The molecule has 0 bridgehead atoms. The Kier molecular flexibility index (Phi) is 8.12. The highest BCUT2D eigenvalue weighted by Crippen LogP contribution is 2.37. The van der Waals surface area contributed by atoms with E-state index in [1.54, 1.807) is 0 Å². The third-order valence-corrected chi connectivity index (χ3v) is 8.38. The number of likely N-dealkylation sites (N-methyl/N-ethyl adjacent to an activating group) is 1. The molecule has 3 heterocycles. The Hall–Kier alpha value is -2.48. The number of nitrogens with one attached hydrogen (secondary N) is 1. The topological polar surface area (TPSA) is 69.5 Å². The van der Waals surface area contributed by atoms with Crippen molar-refractivity contribution in [1.82, 2.24) is 24.3 Å². The van der Waals surface area contributed by atoms with Gasteiger partial charge in [-0.05, 0) is 70.7 Å². The van der Waals surface area contributed by atoms with Crippen molar-refractivity contribution < 1.29 is 5.11 Å². The standard InChI is InChI=1S/C30H44N6O/c1-5-6-21(2)32-30-31-17-27-28(20-36(29(27)33-30)24-11-13-26(37)14-12-24)23-9-7-22(8-10-23)18-35-16-15-25(19-35)34(3)4/h7-10,17,20-21,24-26,37H,5-6,11-16,18-19H2,1-4H3,(H,31,32,33)/t21-,24?,25+,26?/m0/s1. The summed E-state index contributed by atoms with van der Waals surface area (Å²) in [4.78, 5) is 14.6. The molecule has 37 heavy (non-hydrogen) atoms.